The van der Waals surface area contributed by atoms with Gasteiger partial charge in [0.1, 0.15) is 0 Å². The molecule has 140 valence electrons. The van der Waals surface area contributed by atoms with Crippen molar-refractivity contribution in [2.45, 2.75) is 80.1 Å². The molecule has 1 spiro atoms. The fourth-order valence-electron chi connectivity index (χ4n) is 4.04. The van der Waals surface area contributed by atoms with Gasteiger partial charge in [0, 0.05) is 19.0 Å². The quantitative estimate of drug-likeness (QED) is 0.776. The lowest BCUT2D eigenvalue weighted by Crippen LogP contribution is -2.48. The lowest BCUT2D eigenvalue weighted by Gasteiger charge is -2.39. The molecule has 1 saturated heterocycles. The van der Waals surface area contributed by atoms with Gasteiger partial charge in [0.05, 0.1) is 0 Å². The maximum Gasteiger partial charge on any atom is 0.223 e. The smallest absolute Gasteiger partial charge is 0.223 e. The van der Waals surface area contributed by atoms with E-state index in [-0.39, 0.29) is 5.92 Å². The number of nitrogens with zero attached hydrogens (tertiary/aromatic N) is 1. The van der Waals surface area contributed by atoms with Gasteiger partial charge in [-0.05, 0) is 67.9 Å². The first-order valence-electron chi connectivity index (χ1n) is 10.0. The van der Waals surface area contributed by atoms with Crippen LogP contribution in [0, 0.1) is 22.2 Å². The van der Waals surface area contributed by atoms with Gasteiger partial charge in [-0.25, -0.2) is 0 Å². The monoisotopic (exact) mass is 336 g/mol. The minimum Gasteiger partial charge on any atom is -0.356 e. The molecule has 0 aromatic carbocycles. The van der Waals surface area contributed by atoms with Crippen molar-refractivity contribution in [2.75, 3.05) is 26.2 Å². The SMILES string of the molecule is CC(C)(C)CCCN1CCC(C(=O)NCCC(C)(C)C)C2(CC2)C1. The van der Waals surface area contributed by atoms with E-state index in [4.69, 9.17) is 0 Å². The Morgan fingerprint density at radius 2 is 1.71 bits per heavy atom. The highest BCUT2D eigenvalue weighted by Crippen LogP contribution is 2.55. The lowest BCUT2D eigenvalue weighted by molar-refractivity contribution is -0.129. The van der Waals surface area contributed by atoms with Crippen molar-refractivity contribution in [3.05, 3.63) is 0 Å². The van der Waals surface area contributed by atoms with Crippen LogP contribution in [0.4, 0.5) is 0 Å². The number of piperidine rings is 1. The van der Waals surface area contributed by atoms with E-state index >= 15 is 0 Å². The minimum absolute atomic E-state index is 0.260. The maximum atomic E-state index is 12.7. The maximum absolute atomic E-state index is 12.7. The van der Waals surface area contributed by atoms with Gasteiger partial charge < -0.3 is 10.2 Å². The molecule has 0 radical (unpaired) electrons. The molecule has 2 rings (SSSR count). The van der Waals surface area contributed by atoms with Crippen molar-refractivity contribution >= 4 is 5.91 Å². The zero-order valence-corrected chi connectivity index (χ0v) is 17.0. The summed E-state index contributed by atoms with van der Waals surface area (Å²) in [4.78, 5) is 15.3. The van der Waals surface area contributed by atoms with E-state index in [1.807, 2.05) is 0 Å². The first-order valence-corrected chi connectivity index (χ1v) is 10.0. The number of nitrogens with one attached hydrogen (secondary N) is 1. The second kappa shape index (κ2) is 7.35. The van der Waals surface area contributed by atoms with E-state index < -0.39 is 0 Å². The zero-order chi connectivity index (χ0) is 18.0. The van der Waals surface area contributed by atoms with Crippen LogP contribution in [0.3, 0.4) is 0 Å². The van der Waals surface area contributed by atoms with Gasteiger partial charge >= 0.3 is 0 Å². The largest absolute Gasteiger partial charge is 0.356 e. The summed E-state index contributed by atoms with van der Waals surface area (Å²) < 4.78 is 0. The molecule has 1 heterocycles. The summed E-state index contributed by atoms with van der Waals surface area (Å²) in [5.74, 6) is 0.586. The Kier molecular flexibility index (Phi) is 6.05. The van der Waals surface area contributed by atoms with Gasteiger partial charge in [-0.1, -0.05) is 41.5 Å². The van der Waals surface area contributed by atoms with Crippen LogP contribution in [0.25, 0.3) is 0 Å². The van der Waals surface area contributed by atoms with E-state index in [1.165, 1.54) is 32.2 Å². The van der Waals surface area contributed by atoms with Crippen molar-refractivity contribution in [2.24, 2.45) is 22.2 Å². The van der Waals surface area contributed by atoms with Crippen LogP contribution >= 0.6 is 0 Å². The number of carbonyl (C=O) groups excluding carboxylic acids is 1. The highest BCUT2D eigenvalue weighted by atomic mass is 16.1. The van der Waals surface area contributed by atoms with Crippen molar-refractivity contribution in [3.63, 3.8) is 0 Å². The molecular formula is C21H40N2O. The summed E-state index contributed by atoms with van der Waals surface area (Å²) in [6.07, 6.45) is 7.17. The normalized spacial score (nSPS) is 24.2. The Morgan fingerprint density at radius 1 is 1.08 bits per heavy atom. The summed E-state index contributed by atoms with van der Waals surface area (Å²) in [6, 6.07) is 0. The van der Waals surface area contributed by atoms with Crippen LogP contribution in [0.1, 0.15) is 80.1 Å². The molecule has 0 aromatic rings. The molecule has 2 fully saturated rings. The second-order valence-corrected chi connectivity index (χ2v) is 10.7. The Morgan fingerprint density at radius 3 is 2.25 bits per heavy atom. The molecule has 3 heteroatoms. The van der Waals surface area contributed by atoms with Gasteiger partial charge in [0.25, 0.3) is 0 Å². The molecule has 2 aliphatic rings. The van der Waals surface area contributed by atoms with Crippen LogP contribution in [-0.2, 0) is 4.79 Å². The predicted molar refractivity (Wildman–Crippen MR) is 102 cm³/mol. The third kappa shape index (κ3) is 6.06. The fourth-order valence-corrected chi connectivity index (χ4v) is 4.04. The molecule has 1 N–H and O–H groups in total. The molecule has 1 unspecified atom stereocenters. The number of carbonyl (C=O) groups is 1. The zero-order valence-electron chi connectivity index (χ0n) is 17.0. The van der Waals surface area contributed by atoms with Gasteiger partial charge in [-0.15, -0.1) is 0 Å². The third-order valence-electron chi connectivity index (χ3n) is 5.80. The fraction of sp³-hybridized carbons (Fsp3) is 0.952. The van der Waals surface area contributed by atoms with Crippen LogP contribution in [-0.4, -0.2) is 37.0 Å². The van der Waals surface area contributed by atoms with E-state index in [0.29, 0.717) is 22.2 Å². The topological polar surface area (TPSA) is 32.3 Å². The Bertz CT molecular complexity index is 426. The van der Waals surface area contributed by atoms with Gasteiger partial charge in [0.2, 0.25) is 5.91 Å². The molecule has 1 amide bonds. The Hall–Kier alpha value is -0.570. The number of likely N-dealkylation sites (tertiary alicyclic amines) is 1. The van der Waals surface area contributed by atoms with E-state index in [1.54, 1.807) is 0 Å². The van der Waals surface area contributed by atoms with Crippen molar-refractivity contribution < 1.29 is 4.79 Å². The molecule has 0 bridgehead atoms. The lowest BCUT2D eigenvalue weighted by atomic mass is 9.81. The van der Waals surface area contributed by atoms with E-state index in [9.17, 15) is 4.79 Å². The molecule has 1 saturated carbocycles. The molecular weight excluding hydrogens is 296 g/mol. The first kappa shape index (κ1) is 19.8. The molecule has 1 aliphatic heterocycles. The summed E-state index contributed by atoms with van der Waals surface area (Å²) in [7, 11) is 0. The standard InChI is InChI=1S/C21H40N2O/c1-19(2,3)9-7-14-23-15-8-17(21(16-23)10-11-21)18(24)22-13-12-20(4,5)6/h17H,7-16H2,1-6H3,(H,22,24). The van der Waals surface area contributed by atoms with Crippen LogP contribution in [0.2, 0.25) is 0 Å². The predicted octanol–water partition coefficient (Wildman–Crippen LogP) is 4.47. The molecule has 0 aromatic heterocycles. The number of amides is 1. The summed E-state index contributed by atoms with van der Waals surface area (Å²) in [6.45, 7) is 17.9. The second-order valence-electron chi connectivity index (χ2n) is 10.7. The molecule has 1 aliphatic carbocycles. The van der Waals surface area contributed by atoms with Crippen LogP contribution in [0.5, 0.6) is 0 Å². The number of hydrogen-bond donors (Lipinski definition) is 1. The van der Waals surface area contributed by atoms with Crippen molar-refractivity contribution in [1.82, 2.24) is 10.2 Å². The van der Waals surface area contributed by atoms with Gasteiger partial charge in [-0.3, -0.25) is 4.79 Å². The average molecular weight is 337 g/mol. The van der Waals surface area contributed by atoms with Crippen LogP contribution in [0.15, 0.2) is 0 Å². The average Bonchev–Trinajstić information content (AvgIpc) is 3.15. The summed E-state index contributed by atoms with van der Waals surface area (Å²) in [5, 5.41) is 3.22. The summed E-state index contributed by atoms with van der Waals surface area (Å²) in [5.41, 5.74) is 1.04. The third-order valence-corrected chi connectivity index (χ3v) is 5.80. The van der Waals surface area contributed by atoms with Gasteiger partial charge in [0.15, 0.2) is 0 Å². The van der Waals surface area contributed by atoms with Crippen molar-refractivity contribution in [1.29, 1.82) is 0 Å². The first-order chi connectivity index (χ1) is 11.0. The Balaban J connectivity index is 1.77. The van der Waals surface area contributed by atoms with Crippen LogP contribution < -0.4 is 5.32 Å². The van der Waals surface area contributed by atoms with E-state index in [2.05, 4.69) is 51.8 Å². The molecule has 24 heavy (non-hydrogen) atoms. The van der Waals surface area contributed by atoms with E-state index in [0.717, 1.165) is 32.5 Å². The minimum atomic E-state index is 0.260. The number of rotatable bonds is 6. The highest BCUT2D eigenvalue weighted by molar-refractivity contribution is 5.80. The molecule has 3 nitrogen and oxygen atoms in total. The summed E-state index contributed by atoms with van der Waals surface area (Å²) >= 11 is 0. The Labute approximate surface area is 149 Å². The molecule has 1 atom stereocenters. The number of hydrogen-bond acceptors (Lipinski definition) is 2. The highest BCUT2D eigenvalue weighted by Gasteiger charge is 2.54. The van der Waals surface area contributed by atoms with Gasteiger partial charge in [-0.2, -0.15) is 0 Å². The van der Waals surface area contributed by atoms with Crippen molar-refractivity contribution in [3.8, 4) is 0 Å².